The largest absolute Gasteiger partial charge is 0.493 e. The summed E-state index contributed by atoms with van der Waals surface area (Å²) >= 11 is 1.58. The molecule has 0 aliphatic rings. The molecule has 2 heterocycles. The van der Waals surface area contributed by atoms with Crippen molar-refractivity contribution < 1.29 is 9.84 Å². The van der Waals surface area contributed by atoms with E-state index in [1.807, 2.05) is 24.2 Å². The number of hydrogen-bond acceptors (Lipinski definition) is 5. The average molecular weight is 309 g/mol. The minimum absolute atomic E-state index is 0.636. The fourth-order valence-electron chi connectivity index (χ4n) is 2.29. The molecule has 0 aromatic carbocycles. The van der Waals surface area contributed by atoms with Crippen LogP contribution in [-0.4, -0.2) is 47.5 Å². The van der Waals surface area contributed by atoms with Gasteiger partial charge >= 0.3 is 0 Å². The van der Waals surface area contributed by atoms with Gasteiger partial charge in [-0.1, -0.05) is 6.92 Å². The molecular formula is C15H23N3O2S. The maximum atomic E-state index is 10.8. The summed E-state index contributed by atoms with van der Waals surface area (Å²) in [4.78, 5) is 3.06. The lowest BCUT2D eigenvalue weighted by atomic mass is 10.1. The molecule has 0 aliphatic carbocycles. The molecule has 116 valence electrons. The number of rotatable bonds is 7. The zero-order valence-corrected chi connectivity index (χ0v) is 13.9. The van der Waals surface area contributed by atoms with Gasteiger partial charge in [-0.3, -0.25) is 4.68 Å². The first-order valence-electron chi connectivity index (χ1n) is 7.07. The van der Waals surface area contributed by atoms with Crippen LogP contribution in [0.2, 0.25) is 0 Å². The third-order valence-corrected chi connectivity index (χ3v) is 4.50. The van der Waals surface area contributed by atoms with Gasteiger partial charge in [-0.05, 0) is 37.5 Å². The average Bonchev–Trinajstić information content (AvgIpc) is 3.10. The standard InChI is InChI=1S/C15H23N3O2S/c1-5-11-6-9-21-15(11)14(19)13-12(20-4)10-16-18(13)8-7-17(2)3/h6,9-10,14,19H,5,7-8H2,1-4H3. The minimum atomic E-state index is -0.695. The number of aliphatic hydroxyl groups is 1. The third kappa shape index (κ3) is 3.45. The number of aromatic nitrogens is 2. The fraction of sp³-hybridized carbons (Fsp3) is 0.533. The van der Waals surface area contributed by atoms with E-state index in [1.54, 1.807) is 24.6 Å². The van der Waals surface area contributed by atoms with E-state index in [2.05, 4.69) is 23.0 Å². The van der Waals surface area contributed by atoms with Crippen LogP contribution in [0.5, 0.6) is 5.75 Å². The lowest BCUT2D eigenvalue weighted by Crippen LogP contribution is -2.21. The van der Waals surface area contributed by atoms with Gasteiger partial charge in [0.15, 0.2) is 5.75 Å². The topological polar surface area (TPSA) is 50.5 Å². The van der Waals surface area contributed by atoms with Gasteiger partial charge in [0, 0.05) is 11.4 Å². The molecule has 0 radical (unpaired) electrons. The molecule has 2 rings (SSSR count). The Morgan fingerprint density at radius 2 is 2.24 bits per heavy atom. The zero-order chi connectivity index (χ0) is 15.4. The van der Waals surface area contributed by atoms with E-state index in [-0.39, 0.29) is 0 Å². The highest BCUT2D eigenvalue weighted by Gasteiger charge is 2.24. The molecule has 6 heteroatoms. The summed E-state index contributed by atoms with van der Waals surface area (Å²) < 4.78 is 7.21. The van der Waals surface area contributed by atoms with Gasteiger partial charge < -0.3 is 14.7 Å². The van der Waals surface area contributed by atoms with E-state index < -0.39 is 6.10 Å². The van der Waals surface area contributed by atoms with Crippen molar-refractivity contribution in [3.8, 4) is 5.75 Å². The van der Waals surface area contributed by atoms with E-state index in [4.69, 9.17) is 4.74 Å². The predicted molar refractivity (Wildman–Crippen MR) is 85.1 cm³/mol. The summed E-state index contributed by atoms with van der Waals surface area (Å²) in [6, 6.07) is 2.07. The molecule has 5 nitrogen and oxygen atoms in total. The molecule has 0 spiro atoms. The number of aryl methyl sites for hydroxylation is 1. The van der Waals surface area contributed by atoms with Crippen LogP contribution < -0.4 is 4.74 Å². The van der Waals surface area contributed by atoms with E-state index in [0.29, 0.717) is 5.75 Å². The van der Waals surface area contributed by atoms with Gasteiger partial charge in [0.05, 0.1) is 19.9 Å². The normalized spacial score (nSPS) is 12.9. The highest BCUT2D eigenvalue weighted by molar-refractivity contribution is 7.10. The maximum Gasteiger partial charge on any atom is 0.163 e. The molecule has 0 bridgehead atoms. The summed E-state index contributed by atoms with van der Waals surface area (Å²) in [7, 11) is 5.65. The number of methoxy groups -OCH3 is 1. The van der Waals surface area contributed by atoms with E-state index in [0.717, 1.165) is 30.1 Å². The van der Waals surface area contributed by atoms with Crippen LogP contribution in [0.15, 0.2) is 17.6 Å². The van der Waals surface area contributed by atoms with Gasteiger partial charge in [-0.15, -0.1) is 11.3 Å². The molecule has 2 aromatic heterocycles. The Hall–Kier alpha value is -1.37. The van der Waals surface area contributed by atoms with Crippen molar-refractivity contribution in [2.45, 2.75) is 26.0 Å². The Kier molecular flexibility index (Phi) is 5.39. The van der Waals surface area contributed by atoms with Crippen molar-refractivity contribution in [3.63, 3.8) is 0 Å². The van der Waals surface area contributed by atoms with Crippen LogP contribution in [0.3, 0.4) is 0 Å². The summed E-state index contributed by atoms with van der Waals surface area (Å²) in [5.41, 5.74) is 1.91. The molecule has 0 aliphatic heterocycles. The number of hydrogen-bond donors (Lipinski definition) is 1. The van der Waals surface area contributed by atoms with Crippen molar-refractivity contribution in [2.75, 3.05) is 27.7 Å². The number of thiophene rings is 1. The van der Waals surface area contributed by atoms with Crippen LogP contribution in [-0.2, 0) is 13.0 Å². The second-order valence-electron chi connectivity index (χ2n) is 5.19. The molecule has 0 saturated heterocycles. The van der Waals surface area contributed by atoms with Gasteiger partial charge in [-0.25, -0.2) is 0 Å². The van der Waals surface area contributed by atoms with Crippen molar-refractivity contribution in [1.82, 2.24) is 14.7 Å². The van der Waals surface area contributed by atoms with Gasteiger partial charge in [-0.2, -0.15) is 5.10 Å². The first-order chi connectivity index (χ1) is 10.1. The third-order valence-electron chi connectivity index (χ3n) is 3.49. The lowest BCUT2D eigenvalue weighted by Gasteiger charge is -2.17. The molecular weight excluding hydrogens is 286 g/mol. The summed E-state index contributed by atoms with van der Waals surface area (Å²) in [6.45, 7) is 3.67. The first-order valence-corrected chi connectivity index (χ1v) is 7.95. The Morgan fingerprint density at radius 3 is 2.86 bits per heavy atom. The molecule has 1 atom stereocenters. The van der Waals surface area contributed by atoms with E-state index in [9.17, 15) is 5.11 Å². The van der Waals surface area contributed by atoms with Crippen molar-refractivity contribution in [3.05, 3.63) is 33.8 Å². The summed E-state index contributed by atoms with van der Waals surface area (Å²) in [6.07, 6.45) is 1.89. The number of likely N-dealkylation sites (N-methyl/N-ethyl adjacent to an activating group) is 1. The number of ether oxygens (including phenoxy) is 1. The molecule has 0 fully saturated rings. The van der Waals surface area contributed by atoms with Crippen LogP contribution in [0.1, 0.15) is 29.2 Å². The van der Waals surface area contributed by atoms with Gasteiger partial charge in [0.1, 0.15) is 11.8 Å². The maximum absolute atomic E-state index is 10.8. The fourth-order valence-corrected chi connectivity index (χ4v) is 3.27. The van der Waals surface area contributed by atoms with Crippen molar-refractivity contribution in [2.24, 2.45) is 0 Å². The van der Waals surface area contributed by atoms with Crippen LogP contribution in [0, 0.1) is 0 Å². The minimum Gasteiger partial charge on any atom is -0.493 e. The smallest absolute Gasteiger partial charge is 0.163 e. The highest BCUT2D eigenvalue weighted by Crippen LogP contribution is 2.34. The van der Waals surface area contributed by atoms with Crippen molar-refractivity contribution in [1.29, 1.82) is 0 Å². The zero-order valence-electron chi connectivity index (χ0n) is 13.0. The van der Waals surface area contributed by atoms with E-state index in [1.165, 1.54) is 5.56 Å². The molecule has 0 amide bonds. The second-order valence-corrected chi connectivity index (χ2v) is 6.14. The Labute approximate surface area is 129 Å². The Bertz CT molecular complexity index is 577. The highest BCUT2D eigenvalue weighted by atomic mass is 32.1. The van der Waals surface area contributed by atoms with Crippen LogP contribution in [0.25, 0.3) is 0 Å². The lowest BCUT2D eigenvalue weighted by molar-refractivity contribution is 0.203. The molecule has 0 saturated carbocycles. The Morgan fingerprint density at radius 1 is 1.48 bits per heavy atom. The number of nitrogens with zero attached hydrogens (tertiary/aromatic N) is 3. The Balaban J connectivity index is 2.34. The number of aliphatic hydroxyl groups excluding tert-OH is 1. The van der Waals surface area contributed by atoms with Crippen LogP contribution >= 0.6 is 11.3 Å². The SMILES string of the molecule is CCc1ccsc1C(O)c1c(OC)cnn1CCN(C)C. The van der Waals surface area contributed by atoms with Crippen molar-refractivity contribution >= 4 is 11.3 Å². The van der Waals surface area contributed by atoms with Crippen LogP contribution in [0.4, 0.5) is 0 Å². The quantitative estimate of drug-likeness (QED) is 0.851. The second kappa shape index (κ2) is 7.06. The first kappa shape index (κ1) is 16.0. The van der Waals surface area contributed by atoms with Gasteiger partial charge in [0.2, 0.25) is 0 Å². The molecule has 1 N–H and O–H groups in total. The van der Waals surface area contributed by atoms with E-state index >= 15 is 0 Å². The molecule has 1 unspecified atom stereocenters. The summed E-state index contributed by atoms with van der Waals surface area (Å²) in [5, 5.41) is 17.2. The molecule has 21 heavy (non-hydrogen) atoms. The monoisotopic (exact) mass is 309 g/mol. The van der Waals surface area contributed by atoms with Gasteiger partial charge in [0.25, 0.3) is 0 Å². The summed E-state index contributed by atoms with van der Waals surface area (Å²) in [5.74, 6) is 0.636. The molecule has 2 aromatic rings. The predicted octanol–water partition coefficient (Wildman–Crippen LogP) is 2.16.